The molecule has 0 bridgehead atoms. The molecule has 4 aromatic carbocycles. The second kappa shape index (κ2) is 16.7. The number of ether oxygens (including phenoxy) is 2. The van der Waals surface area contributed by atoms with E-state index in [1.165, 1.54) is 7.11 Å². The highest BCUT2D eigenvalue weighted by Crippen LogP contribution is 2.23. The van der Waals surface area contributed by atoms with Gasteiger partial charge in [0.15, 0.2) is 11.6 Å². The highest BCUT2D eigenvalue weighted by molar-refractivity contribution is 6.12. The number of carbonyl (C=O) groups is 3. The minimum atomic E-state index is -0.695. The number of para-hydroxylation sites is 2. The number of benzene rings is 4. The third kappa shape index (κ3) is 9.04. The van der Waals surface area contributed by atoms with Crippen molar-refractivity contribution in [1.82, 2.24) is 0 Å². The van der Waals surface area contributed by atoms with E-state index >= 15 is 0 Å². The summed E-state index contributed by atoms with van der Waals surface area (Å²) in [5, 5.41) is 6.61. The highest BCUT2D eigenvalue weighted by Gasteiger charge is 2.22. The van der Waals surface area contributed by atoms with Crippen LogP contribution in [0.25, 0.3) is 0 Å². The van der Waals surface area contributed by atoms with E-state index in [4.69, 9.17) is 9.47 Å². The van der Waals surface area contributed by atoms with Gasteiger partial charge in [-0.3, -0.25) is 9.59 Å². The Balaban J connectivity index is 1.31. The lowest BCUT2D eigenvalue weighted by Crippen LogP contribution is -2.33. The molecule has 0 aromatic heterocycles. The predicted octanol–water partition coefficient (Wildman–Crippen LogP) is 7.37. The Labute approximate surface area is 259 Å². The maximum atomic E-state index is 13.2. The smallest absolute Gasteiger partial charge is 0.328 e. The minimum absolute atomic E-state index is 0.126. The number of unbranched alkanes of at least 4 members (excludes halogenated alkanes) is 1. The minimum Gasteiger partial charge on any atom is -0.494 e. The van der Waals surface area contributed by atoms with Gasteiger partial charge in [-0.05, 0) is 54.8 Å². The van der Waals surface area contributed by atoms with Gasteiger partial charge in [-0.25, -0.2) is 4.79 Å². The number of Topliss-reactive ketones (excluding diaryl/α,β-unsaturated/α-hetero) is 1. The van der Waals surface area contributed by atoms with E-state index in [1.54, 1.807) is 30.3 Å². The average molecular weight is 593 g/mol. The molecule has 1 unspecified atom stereocenters. The Morgan fingerprint density at radius 3 is 2.11 bits per heavy atom. The second-order valence-electron chi connectivity index (χ2n) is 10.5. The van der Waals surface area contributed by atoms with Gasteiger partial charge in [0.1, 0.15) is 11.8 Å². The maximum Gasteiger partial charge on any atom is 0.328 e. The van der Waals surface area contributed by atoms with Crippen molar-refractivity contribution in [2.45, 2.75) is 45.1 Å². The summed E-state index contributed by atoms with van der Waals surface area (Å²) in [5.41, 5.74) is 4.14. The van der Waals surface area contributed by atoms with Gasteiger partial charge in [-0.15, -0.1) is 0 Å². The van der Waals surface area contributed by atoms with E-state index in [0.717, 1.165) is 41.8 Å². The Morgan fingerprint density at radius 2 is 1.41 bits per heavy atom. The van der Waals surface area contributed by atoms with E-state index in [0.29, 0.717) is 42.8 Å². The van der Waals surface area contributed by atoms with Gasteiger partial charge in [-0.2, -0.15) is 0 Å². The summed E-state index contributed by atoms with van der Waals surface area (Å²) < 4.78 is 11.0. The molecule has 0 fully saturated rings. The molecule has 7 nitrogen and oxygen atoms in total. The summed E-state index contributed by atoms with van der Waals surface area (Å²) in [6.45, 7) is 3.27. The van der Waals surface area contributed by atoms with Gasteiger partial charge in [0, 0.05) is 47.5 Å². The number of hydrogen-bond donors (Lipinski definition) is 2. The van der Waals surface area contributed by atoms with Crippen LogP contribution >= 0.6 is 0 Å². The van der Waals surface area contributed by atoms with E-state index in [2.05, 4.69) is 17.6 Å². The monoisotopic (exact) mass is 592 g/mol. The zero-order valence-corrected chi connectivity index (χ0v) is 25.4. The Kier molecular flexibility index (Phi) is 12.1. The van der Waals surface area contributed by atoms with Gasteiger partial charge >= 0.3 is 5.97 Å². The molecule has 4 rings (SSSR count). The molecule has 0 radical (unpaired) electrons. The number of nitrogens with one attached hydrogen (secondary N) is 2. The van der Waals surface area contributed by atoms with Crippen molar-refractivity contribution in [2.24, 2.45) is 0 Å². The quantitative estimate of drug-likeness (QED) is 0.0751. The zero-order valence-electron chi connectivity index (χ0n) is 25.4. The van der Waals surface area contributed by atoms with Gasteiger partial charge in [0.05, 0.1) is 13.7 Å². The first kappa shape index (κ1) is 32.0. The maximum absolute atomic E-state index is 13.2. The van der Waals surface area contributed by atoms with Crippen LogP contribution in [0.15, 0.2) is 103 Å². The molecule has 0 saturated carbocycles. The van der Waals surface area contributed by atoms with E-state index in [-0.39, 0.29) is 11.6 Å². The SMILES string of the molecule is CCCCC(=O)c1ccccc1NCCCOc1ccc(CC(Nc2ccccc2C(=O)c2ccccc2)C(=O)OC)cc1. The lowest BCUT2D eigenvalue weighted by molar-refractivity contribution is -0.141. The van der Waals surface area contributed by atoms with Crippen LogP contribution in [0.1, 0.15) is 64.4 Å². The third-order valence-corrected chi connectivity index (χ3v) is 7.28. The van der Waals surface area contributed by atoms with E-state index in [9.17, 15) is 14.4 Å². The zero-order chi connectivity index (χ0) is 31.1. The largest absolute Gasteiger partial charge is 0.494 e. The van der Waals surface area contributed by atoms with Crippen molar-refractivity contribution in [2.75, 3.05) is 30.9 Å². The molecule has 0 heterocycles. The number of rotatable bonds is 17. The summed E-state index contributed by atoms with van der Waals surface area (Å²) in [4.78, 5) is 38.4. The summed E-state index contributed by atoms with van der Waals surface area (Å²) in [7, 11) is 1.35. The number of esters is 1. The van der Waals surface area contributed by atoms with Crippen LogP contribution in [0.2, 0.25) is 0 Å². The molecule has 7 heteroatoms. The van der Waals surface area contributed by atoms with E-state index < -0.39 is 12.0 Å². The molecule has 4 aromatic rings. The van der Waals surface area contributed by atoms with Crippen molar-refractivity contribution in [3.8, 4) is 5.75 Å². The number of methoxy groups -OCH3 is 1. The molecule has 0 saturated heterocycles. The fourth-order valence-electron chi connectivity index (χ4n) is 4.87. The first-order valence-corrected chi connectivity index (χ1v) is 15.1. The Hall–Kier alpha value is -4.91. The molecule has 228 valence electrons. The first-order valence-electron chi connectivity index (χ1n) is 15.1. The molecule has 44 heavy (non-hydrogen) atoms. The summed E-state index contributed by atoms with van der Waals surface area (Å²) in [5.74, 6) is 0.346. The fraction of sp³-hybridized carbons (Fsp3) is 0.270. The molecular formula is C37H40N2O5. The Morgan fingerprint density at radius 1 is 0.750 bits per heavy atom. The number of carbonyl (C=O) groups excluding carboxylic acids is 3. The third-order valence-electron chi connectivity index (χ3n) is 7.28. The second-order valence-corrected chi connectivity index (χ2v) is 10.5. The first-order chi connectivity index (χ1) is 21.5. The van der Waals surface area contributed by atoms with Crippen molar-refractivity contribution in [3.63, 3.8) is 0 Å². The van der Waals surface area contributed by atoms with Crippen molar-refractivity contribution in [1.29, 1.82) is 0 Å². The predicted molar refractivity (Wildman–Crippen MR) is 175 cm³/mol. The molecule has 0 aliphatic heterocycles. The van der Waals surface area contributed by atoms with Crippen LogP contribution in [0.5, 0.6) is 5.75 Å². The van der Waals surface area contributed by atoms with Crippen LogP contribution in [0.4, 0.5) is 11.4 Å². The van der Waals surface area contributed by atoms with Gasteiger partial charge in [0.25, 0.3) is 0 Å². The molecule has 0 spiro atoms. The van der Waals surface area contributed by atoms with Crippen LogP contribution < -0.4 is 15.4 Å². The van der Waals surface area contributed by atoms with Crippen molar-refractivity contribution < 1.29 is 23.9 Å². The molecule has 2 N–H and O–H groups in total. The van der Waals surface area contributed by atoms with Crippen LogP contribution in [0.3, 0.4) is 0 Å². The number of ketones is 2. The summed E-state index contributed by atoms with van der Waals surface area (Å²) in [6, 6.07) is 30.8. The molecule has 0 aliphatic rings. The molecular weight excluding hydrogens is 552 g/mol. The van der Waals surface area contributed by atoms with Gasteiger partial charge in [-0.1, -0.05) is 80.1 Å². The number of anilines is 2. The molecule has 0 aliphatic carbocycles. The lowest BCUT2D eigenvalue weighted by atomic mass is 10.00. The Bertz CT molecular complexity index is 1520. The molecule has 1 atom stereocenters. The highest BCUT2D eigenvalue weighted by atomic mass is 16.5. The van der Waals surface area contributed by atoms with Crippen LogP contribution in [-0.4, -0.2) is 43.8 Å². The van der Waals surface area contributed by atoms with Crippen molar-refractivity contribution >= 4 is 28.9 Å². The summed E-state index contributed by atoms with van der Waals surface area (Å²) >= 11 is 0. The van der Waals surface area contributed by atoms with Crippen molar-refractivity contribution in [3.05, 3.63) is 125 Å². The van der Waals surface area contributed by atoms with Crippen LogP contribution in [0, 0.1) is 0 Å². The standard InChI is InChI=1S/C37H40N2O5/c1-3-4-19-35(40)30-15-8-10-17-32(30)38-24-12-25-44-29-22-20-27(21-23-29)26-34(37(42)43-2)39-33-18-11-9-16-31(33)36(41)28-13-6-5-7-14-28/h5-11,13-18,20-23,34,38-39H,3-4,12,19,24-26H2,1-2H3. The fourth-order valence-corrected chi connectivity index (χ4v) is 4.87. The number of hydrogen-bond acceptors (Lipinski definition) is 7. The lowest BCUT2D eigenvalue weighted by Gasteiger charge is -2.20. The topological polar surface area (TPSA) is 93.7 Å². The molecule has 0 amide bonds. The summed E-state index contributed by atoms with van der Waals surface area (Å²) in [6.07, 6.45) is 3.57. The van der Waals surface area contributed by atoms with Crippen LogP contribution in [-0.2, 0) is 16.0 Å². The average Bonchev–Trinajstić information content (AvgIpc) is 3.07. The van der Waals surface area contributed by atoms with E-state index in [1.807, 2.05) is 72.8 Å². The van der Waals surface area contributed by atoms with Gasteiger partial charge in [0.2, 0.25) is 0 Å². The normalized spacial score (nSPS) is 11.3. The van der Waals surface area contributed by atoms with Gasteiger partial charge < -0.3 is 20.1 Å².